The molecular weight excluding hydrogens is 300 g/mol. The Bertz CT molecular complexity index is 786. The van der Waals surface area contributed by atoms with Gasteiger partial charge in [0, 0.05) is 29.2 Å². The Morgan fingerprint density at radius 2 is 1.83 bits per heavy atom. The van der Waals surface area contributed by atoms with E-state index in [0.717, 1.165) is 36.0 Å². The normalized spacial score (nSPS) is 21.7. The number of likely N-dealkylation sites (tertiary alicyclic amines) is 1. The zero-order chi connectivity index (χ0) is 16.7. The van der Waals surface area contributed by atoms with E-state index in [-0.39, 0.29) is 17.7 Å². The fourth-order valence-corrected chi connectivity index (χ4v) is 4.68. The molecule has 24 heavy (non-hydrogen) atoms. The molecule has 0 spiro atoms. The second kappa shape index (κ2) is 6.08. The van der Waals surface area contributed by atoms with E-state index in [1.807, 2.05) is 36.1 Å². The van der Waals surface area contributed by atoms with Gasteiger partial charge in [0.25, 0.3) is 11.7 Å². The molecule has 1 amide bonds. The van der Waals surface area contributed by atoms with Gasteiger partial charge >= 0.3 is 0 Å². The number of para-hydroxylation sites is 1. The van der Waals surface area contributed by atoms with Crippen LogP contribution in [0.2, 0.25) is 0 Å². The quantitative estimate of drug-likeness (QED) is 0.689. The second-order valence-electron chi connectivity index (χ2n) is 7.25. The minimum atomic E-state index is -0.352. The molecule has 0 radical (unpaired) electrons. The monoisotopic (exact) mass is 324 g/mol. The highest BCUT2D eigenvalue weighted by Crippen LogP contribution is 2.36. The number of rotatable bonds is 3. The van der Waals surface area contributed by atoms with Gasteiger partial charge in [-0.25, -0.2) is 0 Å². The topological polar surface area (TPSA) is 53.2 Å². The Labute approximate surface area is 142 Å². The third-order valence-electron chi connectivity index (χ3n) is 5.82. The summed E-state index contributed by atoms with van der Waals surface area (Å²) < 4.78 is 0. The molecule has 1 aliphatic heterocycles. The van der Waals surface area contributed by atoms with Gasteiger partial charge in [-0.2, -0.15) is 0 Å². The Hall–Kier alpha value is -2.10. The summed E-state index contributed by atoms with van der Waals surface area (Å²) in [5.41, 5.74) is 2.25. The Kier molecular flexibility index (Phi) is 3.91. The highest BCUT2D eigenvalue weighted by Gasteiger charge is 2.39. The maximum absolute atomic E-state index is 13.0. The predicted octanol–water partition coefficient (Wildman–Crippen LogP) is 3.84. The van der Waals surface area contributed by atoms with E-state index >= 15 is 0 Å². The molecule has 4 rings (SSSR count). The van der Waals surface area contributed by atoms with Crippen molar-refractivity contribution in [2.45, 2.75) is 51.5 Å². The van der Waals surface area contributed by atoms with Crippen LogP contribution in [0.1, 0.15) is 54.6 Å². The molecule has 1 atom stereocenters. The fraction of sp³-hybridized carbons (Fsp3) is 0.500. The van der Waals surface area contributed by atoms with Crippen molar-refractivity contribution < 1.29 is 9.59 Å². The average molecular weight is 324 g/mol. The summed E-state index contributed by atoms with van der Waals surface area (Å²) in [6, 6.07) is 7.98. The fourth-order valence-electron chi connectivity index (χ4n) is 4.68. The second-order valence-corrected chi connectivity index (χ2v) is 7.25. The molecule has 2 heterocycles. The van der Waals surface area contributed by atoms with Crippen molar-refractivity contribution in [1.29, 1.82) is 0 Å². The van der Waals surface area contributed by atoms with Gasteiger partial charge in [0.2, 0.25) is 0 Å². The van der Waals surface area contributed by atoms with Gasteiger partial charge in [0.1, 0.15) is 0 Å². The summed E-state index contributed by atoms with van der Waals surface area (Å²) in [4.78, 5) is 31.0. The Balaban J connectivity index is 1.63. The molecule has 2 fully saturated rings. The first-order chi connectivity index (χ1) is 11.7. The van der Waals surface area contributed by atoms with E-state index in [9.17, 15) is 9.59 Å². The molecule has 1 aliphatic carbocycles. The van der Waals surface area contributed by atoms with Crippen LogP contribution in [0.5, 0.6) is 0 Å². The number of Topliss-reactive ketones (excluding diaryl/α,β-unsaturated/α-hetero) is 1. The molecule has 0 bridgehead atoms. The summed E-state index contributed by atoms with van der Waals surface area (Å²) in [6.07, 6.45) is 7.00. The van der Waals surface area contributed by atoms with E-state index in [1.165, 1.54) is 25.7 Å². The number of aromatic amines is 1. The molecular formula is C20H24N2O2. The number of nitrogens with zero attached hydrogens (tertiary/aromatic N) is 1. The minimum Gasteiger partial charge on any atom is -0.358 e. The molecule has 1 saturated heterocycles. The molecule has 0 unspecified atom stereocenters. The standard InChI is InChI=1S/C20H24N2O2/c1-13-18(15-9-4-5-10-16(15)21-13)19(23)20(24)22-12-6-11-17(22)14-7-2-3-8-14/h4-5,9-10,14,17,21H,2-3,6-8,11-12H2,1H3/t17-/m1/s1. The van der Waals surface area contributed by atoms with E-state index in [1.54, 1.807) is 0 Å². The van der Waals surface area contributed by atoms with E-state index < -0.39 is 0 Å². The number of ketones is 1. The lowest BCUT2D eigenvalue weighted by atomic mass is 9.95. The number of amides is 1. The zero-order valence-electron chi connectivity index (χ0n) is 14.2. The SMILES string of the molecule is Cc1[nH]c2ccccc2c1C(=O)C(=O)N1CCC[C@@H]1C1CCCC1. The molecule has 1 aromatic heterocycles. The number of hydrogen-bond acceptors (Lipinski definition) is 2. The smallest absolute Gasteiger partial charge is 0.295 e. The van der Waals surface area contributed by atoms with E-state index in [0.29, 0.717) is 11.5 Å². The van der Waals surface area contributed by atoms with Crippen LogP contribution < -0.4 is 0 Å². The molecule has 4 nitrogen and oxygen atoms in total. The van der Waals surface area contributed by atoms with Crippen LogP contribution in [-0.4, -0.2) is 34.2 Å². The first-order valence-corrected chi connectivity index (χ1v) is 9.09. The van der Waals surface area contributed by atoms with Crippen molar-refractivity contribution in [3.63, 3.8) is 0 Å². The van der Waals surface area contributed by atoms with Crippen molar-refractivity contribution in [1.82, 2.24) is 9.88 Å². The largest absolute Gasteiger partial charge is 0.358 e. The van der Waals surface area contributed by atoms with Crippen molar-refractivity contribution in [2.75, 3.05) is 6.54 Å². The minimum absolute atomic E-state index is 0.273. The molecule has 1 saturated carbocycles. The van der Waals surface area contributed by atoms with Gasteiger partial charge in [-0.05, 0) is 44.6 Å². The number of fused-ring (bicyclic) bond motifs is 1. The van der Waals surface area contributed by atoms with Gasteiger partial charge in [0.05, 0.1) is 5.56 Å². The van der Waals surface area contributed by atoms with Gasteiger partial charge in [-0.3, -0.25) is 9.59 Å². The molecule has 2 aliphatic rings. The van der Waals surface area contributed by atoms with Crippen LogP contribution in [-0.2, 0) is 4.79 Å². The van der Waals surface area contributed by atoms with Crippen LogP contribution in [0.3, 0.4) is 0 Å². The molecule has 1 aromatic carbocycles. The molecule has 126 valence electrons. The average Bonchev–Trinajstić information content (AvgIpc) is 3.31. The molecule has 2 aromatic rings. The number of hydrogen-bond donors (Lipinski definition) is 1. The highest BCUT2D eigenvalue weighted by molar-refractivity contribution is 6.45. The maximum atomic E-state index is 13.0. The summed E-state index contributed by atoms with van der Waals surface area (Å²) in [7, 11) is 0. The van der Waals surface area contributed by atoms with Gasteiger partial charge in [-0.15, -0.1) is 0 Å². The highest BCUT2D eigenvalue weighted by atomic mass is 16.2. The van der Waals surface area contributed by atoms with Crippen LogP contribution >= 0.6 is 0 Å². The number of carbonyl (C=O) groups is 2. The number of benzene rings is 1. The lowest BCUT2D eigenvalue weighted by Crippen LogP contribution is -2.43. The van der Waals surface area contributed by atoms with Crippen molar-refractivity contribution >= 4 is 22.6 Å². The Morgan fingerprint density at radius 3 is 2.62 bits per heavy atom. The van der Waals surface area contributed by atoms with E-state index in [4.69, 9.17) is 0 Å². The third kappa shape index (κ3) is 2.45. The van der Waals surface area contributed by atoms with Gasteiger partial charge in [-0.1, -0.05) is 31.0 Å². The summed E-state index contributed by atoms with van der Waals surface area (Å²) in [5.74, 6) is -0.0691. The van der Waals surface area contributed by atoms with Crippen LogP contribution in [0.25, 0.3) is 10.9 Å². The maximum Gasteiger partial charge on any atom is 0.295 e. The number of aryl methyl sites for hydroxylation is 1. The summed E-state index contributed by atoms with van der Waals surface area (Å²) >= 11 is 0. The lowest BCUT2D eigenvalue weighted by Gasteiger charge is -2.29. The van der Waals surface area contributed by atoms with Gasteiger partial charge in [0.15, 0.2) is 0 Å². The zero-order valence-corrected chi connectivity index (χ0v) is 14.2. The molecule has 4 heteroatoms. The van der Waals surface area contributed by atoms with E-state index in [2.05, 4.69) is 4.98 Å². The van der Waals surface area contributed by atoms with Crippen LogP contribution in [0.4, 0.5) is 0 Å². The van der Waals surface area contributed by atoms with Crippen molar-refractivity contribution in [3.8, 4) is 0 Å². The third-order valence-corrected chi connectivity index (χ3v) is 5.82. The lowest BCUT2D eigenvalue weighted by molar-refractivity contribution is -0.128. The summed E-state index contributed by atoms with van der Waals surface area (Å²) in [6.45, 7) is 2.60. The van der Waals surface area contributed by atoms with Crippen molar-refractivity contribution in [3.05, 3.63) is 35.5 Å². The number of nitrogens with one attached hydrogen (secondary N) is 1. The first kappa shape index (κ1) is 15.4. The predicted molar refractivity (Wildman–Crippen MR) is 94.1 cm³/mol. The van der Waals surface area contributed by atoms with Gasteiger partial charge < -0.3 is 9.88 Å². The number of H-pyrrole nitrogens is 1. The van der Waals surface area contributed by atoms with Crippen molar-refractivity contribution in [2.24, 2.45) is 5.92 Å². The summed E-state index contributed by atoms with van der Waals surface area (Å²) in [5, 5.41) is 0.852. The number of carbonyl (C=O) groups excluding carboxylic acids is 2. The van der Waals surface area contributed by atoms with Crippen LogP contribution in [0.15, 0.2) is 24.3 Å². The Morgan fingerprint density at radius 1 is 1.08 bits per heavy atom. The van der Waals surface area contributed by atoms with Crippen LogP contribution in [0, 0.1) is 12.8 Å². The molecule has 1 N–H and O–H groups in total. The number of aromatic nitrogens is 1. The first-order valence-electron chi connectivity index (χ1n) is 9.09.